The minimum atomic E-state index is 0.304. The maximum atomic E-state index is 6.00. The van der Waals surface area contributed by atoms with Crippen molar-refractivity contribution >= 4 is 5.69 Å². The Bertz CT molecular complexity index is 398. The highest BCUT2D eigenvalue weighted by atomic mass is 15.2. The van der Waals surface area contributed by atoms with Crippen LogP contribution in [0.25, 0.3) is 0 Å². The quantitative estimate of drug-likeness (QED) is 0.882. The van der Waals surface area contributed by atoms with Gasteiger partial charge in [0.15, 0.2) is 0 Å². The highest BCUT2D eigenvalue weighted by Gasteiger charge is 2.37. The lowest BCUT2D eigenvalue weighted by molar-refractivity contribution is 0.553. The molecule has 1 aliphatic carbocycles. The van der Waals surface area contributed by atoms with Crippen LogP contribution in [0.2, 0.25) is 0 Å². The van der Waals surface area contributed by atoms with Gasteiger partial charge in [-0.15, -0.1) is 0 Å². The number of hydrogen-bond donors (Lipinski definition) is 1. The van der Waals surface area contributed by atoms with Crippen LogP contribution in [0.1, 0.15) is 38.2 Å². The summed E-state index contributed by atoms with van der Waals surface area (Å²) in [6.45, 7) is 3.43. The molecule has 2 nitrogen and oxygen atoms in total. The van der Waals surface area contributed by atoms with E-state index in [2.05, 4.69) is 36.1 Å². The molecular weight excluding hydrogens is 220 g/mol. The Labute approximate surface area is 110 Å². The number of fused-ring (bicyclic) bond motifs is 2. The second-order valence-electron chi connectivity index (χ2n) is 6.02. The molecule has 2 aliphatic rings. The Hall–Kier alpha value is -1.02. The maximum Gasteiger partial charge on any atom is 0.0368 e. The van der Waals surface area contributed by atoms with E-state index in [0.717, 1.165) is 24.8 Å². The van der Waals surface area contributed by atoms with Crippen LogP contribution in [0.4, 0.5) is 5.69 Å². The van der Waals surface area contributed by atoms with E-state index in [9.17, 15) is 0 Å². The summed E-state index contributed by atoms with van der Waals surface area (Å²) in [5, 5.41) is 0. The molecule has 3 rings (SSSR count). The Balaban J connectivity index is 1.68. The molecule has 2 N–H and O–H groups in total. The summed E-state index contributed by atoms with van der Waals surface area (Å²) in [7, 11) is 0. The summed E-state index contributed by atoms with van der Waals surface area (Å²) in [5.41, 5.74) is 8.79. The number of benzene rings is 1. The van der Waals surface area contributed by atoms with Gasteiger partial charge in [-0.1, -0.05) is 19.1 Å². The van der Waals surface area contributed by atoms with Crippen molar-refractivity contribution in [3.63, 3.8) is 0 Å². The fourth-order valence-electron chi connectivity index (χ4n) is 3.51. The van der Waals surface area contributed by atoms with Gasteiger partial charge in [-0.05, 0) is 55.7 Å². The number of nitrogens with zero attached hydrogens (tertiary/aromatic N) is 1. The van der Waals surface area contributed by atoms with Crippen molar-refractivity contribution < 1.29 is 0 Å². The van der Waals surface area contributed by atoms with Crippen molar-refractivity contribution in [2.75, 3.05) is 11.4 Å². The molecule has 1 aromatic rings. The molecule has 18 heavy (non-hydrogen) atoms. The average molecular weight is 244 g/mol. The number of anilines is 1. The first-order valence-corrected chi connectivity index (χ1v) is 7.37. The number of nitrogens with two attached hydrogens (primary N) is 1. The summed E-state index contributed by atoms with van der Waals surface area (Å²) in [6.07, 6.45) is 6.32. The molecule has 1 aliphatic heterocycles. The first-order chi connectivity index (χ1) is 8.76. The zero-order chi connectivity index (χ0) is 12.5. The molecule has 1 saturated carbocycles. The van der Waals surface area contributed by atoms with Crippen LogP contribution in [0.3, 0.4) is 0 Å². The van der Waals surface area contributed by atoms with Crippen LogP contribution in [0.5, 0.6) is 0 Å². The lowest BCUT2D eigenvalue weighted by atomic mass is 10.0. The molecule has 1 heterocycles. The van der Waals surface area contributed by atoms with Gasteiger partial charge in [0, 0.05) is 24.3 Å². The molecule has 0 amide bonds. The van der Waals surface area contributed by atoms with Crippen molar-refractivity contribution in [1.29, 1.82) is 0 Å². The van der Waals surface area contributed by atoms with Gasteiger partial charge < -0.3 is 10.6 Å². The third kappa shape index (κ3) is 2.26. The second-order valence-corrected chi connectivity index (χ2v) is 6.02. The molecule has 3 unspecified atom stereocenters. The van der Waals surface area contributed by atoms with E-state index < -0.39 is 0 Å². The van der Waals surface area contributed by atoms with Gasteiger partial charge in [0.05, 0.1) is 0 Å². The van der Waals surface area contributed by atoms with Crippen molar-refractivity contribution in [1.82, 2.24) is 0 Å². The molecule has 1 aromatic carbocycles. The van der Waals surface area contributed by atoms with Gasteiger partial charge in [0.1, 0.15) is 0 Å². The average Bonchev–Trinajstić information content (AvgIpc) is 3.02. The molecule has 2 fully saturated rings. The van der Waals surface area contributed by atoms with E-state index in [1.807, 2.05) is 0 Å². The molecule has 0 aromatic heterocycles. The Morgan fingerprint density at radius 1 is 1.28 bits per heavy atom. The standard InChI is InChI=1S/C16H24N2/c1-2-14(17)9-12-3-6-15(7-4-12)18-11-13-5-8-16(18)10-13/h3-4,6-7,13-14,16H,2,5,8-11,17H2,1H3. The van der Waals surface area contributed by atoms with E-state index in [4.69, 9.17) is 5.73 Å². The predicted molar refractivity (Wildman–Crippen MR) is 76.9 cm³/mol. The first-order valence-electron chi connectivity index (χ1n) is 7.37. The van der Waals surface area contributed by atoms with E-state index in [0.29, 0.717) is 6.04 Å². The van der Waals surface area contributed by atoms with Crippen LogP contribution >= 0.6 is 0 Å². The zero-order valence-electron chi connectivity index (χ0n) is 11.3. The molecule has 2 bridgehead atoms. The maximum absolute atomic E-state index is 6.00. The highest BCUT2D eigenvalue weighted by Crippen LogP contribution is 2.40. The molecule has 3 atom stereocenters. The van der Waals surface area contributed by atoms with Gasteiger partial charge in [0.2, 0.25) is 0 Å². The Morgan fingerprint density at radius 2 is 2.06 bits per heavy atom. The molecule has 1 saturated heterocycles. The Morgan fingerprint density at radius 3 is 2.61 bits per heavy atom. The Kier molecular flexibility index (Phi) is 3.29. The van der Waals surface area contributed by atoms with Crippen LogP contribution in [-0.2, 0) is 6.42 Å². The predicted octanol–water partition coefficient (Wildman–Crippen LogP) is 2.96. The lowest BCUT2D eigenvalue weighted by Gasteiger charge is -2.29. The van der Waals surface area contributed by atoms with E-state index >= 15 is 0 Å². The molecule has 0 radical (unpaired) electrons. The van der Waals surface area contributed by atoms with E-state index in [-0.39, 0.29) is 0 Å². The largest absolute Gasteiger partial charge is 0.368 e. The van der Waals surface area contributed by atoms with Gasteiger partial charge in [-0.3, -0.25) is 0 Å². The normalized spacial score (nSPS) is 27.8. The van der Waals surface area contributed by atoms with Crippen LogP contribution < -0.4 is 10.6 Å². The second kappa shape index (κ2) is 4.93. The summed E-state index contributed by atoms with van der Waals surface area (Å²) >= 11 is 0. The van der Waals surface area contributed by atoms with Crippen LogP contribution in [-0.4, -0.2) is 18.6 Å². The number of hydrogen-bond acceptors (Lipinski definition) is 2. The molecule has 98 valence electrons. The van der Waals surface area contributed by atoms with E-state index in [1.54, 1.807) is 0 Å². The summed E-state index contributed by atoms with van der Waals surface area (Å²) in [5.74, 6) is 0.961. The van der Waals surface area contributed by atoms with Crippen LogP contribution in [0.15, 0.2) is 24.3 Å². The minimum absolute atomic E-state index is 0.304. The zero-order valence-corrected chi connectivity index (χ0v) is 11.3. The lowest BCUT2D eigenvalue weighted by Crippen LogP contribution is -2.31. The minimum Gasteiger partial charge on any atom is -0.368 e. The summed E-state index contributed by atoms with van der Waals surface area (Å²) < 4.78 is 0. The SMILES string of the molecule is CCC(N)Cc1ccc(N2CC3CCC2C3)cc1. The van der Waals surface area contributed by atoms with Gasteiger partial charge in [0.25, 0.3) is 0 Å². The summed E-state index contributed by atoms with van der Waals surface area (Å²) in [4.78, 5) is 2.61. The van der Waals surface area contributed by atoms with Crippen molar-refractivity contribution in [2.45, 2.75) is 51.1 Å². The fraction of sp³-hybridized carbons (Fsp3) is 0.625. The highest BCUT2D eigenvalue weighted by molar-refractivity contribution is 5.50. The molecule has 0 spiro atoms. The number of piperidine rings is 1. The molecular formula is C16H24N2. The van der Waals surface area contributed by atoms with Crippen LogP contribution in [0, 0.1) is 5.92 Å². The van der Waals surface area contributed by atoms with Crippen molar-refractivity contribution in [3.8, 4) is 0 Å². The third-order valence-corrected chi connectivity index (χ3v) is 4.70. The van der Waals surface area contributed by atoms with Crippen molar-refractivity contribution in [3.05, 3.63) is 29.8 Å². The molecule has 2 heteroatoms. The first kappa shape index (κ1) is 12.0. The monoisotopic (exact) mass is 244 g/mol. The van der Waals surface area contributed by atoms with Gasteiger partial charge in [-0.2, -0.15) is 0 Å². The fourth-order valence-corrected chi connectivity index (χ4v) is 3.51. The topological polar surface area (TPSA) is 29.3 Å². The third-order valence-electron chi connectivity index (χ3n) is 4.70. The number of rotatable bonds is 4. The smallest absolute Gasteiger partial charge is 0.0368 e. The van der Waals surface area contributed by atoms with Gasteiger partial charge >= 0.3 is 0 Å². The van der Waals surface area contributed by atoms with E-state index in [1.165, 1.54) is 37.1 Å². The summed E-state index contributed by atoms with van der Waals surface area (Å²) in [6, 6.07) is 10.2. The van der Waals surface area contributed by atoms with Crippen molar-refractivity contribution in [2.24, 2.45) is 11.7 Å². The van der Waals surface area contributed by atoms with Gasteiger partial charge in [-0.25, -0.2) is 0 Å².